The zero-order chi connectivity index (χ0) is 11.4. The number of benzene rings is 1. The van der Waals surface area contributed by atoms with Crippen LogP contribution in [-0.4, -0.2) is 17.3 Å². The van der Waals surface area contributed by atoms with Gasteiger partial charge in [0.15, 0.2) is 5.78 Å². The van der Waals surface area contributed by atoms with Gasteiger partial charge >= 0.3 is 0 Å². The molecule has 1 aliphatic rings. The Balaban J connectivity index is 1.94. The molecule has 1 aliphatic heterocycles. The summed E-state index contributed by atoms with van der Waals surface area (Å²) in [6.07, 6.45) is 3.13. The van der Waals surface area contributed by atoms with Gasteiger partial charge in [-0.2, -0.15) is 11.8 Å². The molecule has 1 heterocycles. The molecule has 0 N–H and O–H groups in total. The summed E-state index contributed by atoms with van der Waals surface area (Å²) in [4.78, 5) is 12.0. The number of halogens is 1. The highest BCUT2D eigenvalue weighted by Crippen LogP contribution is 2.26. The third-order valence-electron chi connectivity index (χ3n) is 2.98. The highest BCUT2D eigenvalue weighted by atomic mass is 79.9. The predicted molar refractivity (Wildman–Crippen MR) is 73.1 cm³/mol. The van der Waals surface area contributed by atoms with E-state index in [1.165, 1.54) is 24.3 Å². The van der Waals surface area contributed by atoms with Crippen molar-refractivity contribution >= 4 is 33.5 Å². The van der Waals surface area contributed by atoms with Crippen LogP contribution in [0.3, 0.4) is 0 Å². The molecule has 86 valence electrons. The quantitative estimate of drug-likeness (QED) is 0.779. The lowest BCUT2D eigenvalue weighted by Crippen LogP contribution is -2.14. The molecule has 0 amide bonds. The van der Waals surface area contributed by atoms with Crippen LogP contribution in [0.5, 0.6) is 0 Å². The maximum Gasteiger partial charge on any atom is 0.163 e. The number of rotatable bonds is 3. The first-order chi connectivity index (χ1) is 7.75. The molecule has 0 unspecified atom stereocenters. The number of hydrogen-bond acceptors (Lipinski definition) is 2. The van der Waals surface area contributed by atoms with Gasteiger partial charge in [0.2, 0.25) is 0 Å². The smallest absolute Gasteiger partial charge is 0.163 e. The van der Waals surface area contributed by atoms with E-state index in [9.17, 15) is 4.79 Å². The number of hydrogen-bond donors (Lipinski definition) is 0. The van der Waals surface area contributed by atoms with Crippen LogP contribution in [-0.2, 0) is 0 Å². The van der Waals surface area contributed by atoms with Crippen molar-refractivity contribution in [2.45, 2.75) is 19.3 Å². The van der Waals surface area contributed by atoms with Crippen LogP contribution in [0.4, 0.5) is 0 Å². The van der Waals surface area contributed by atoms with Gasteiger partial charge in [-0.3, -0.25) is 4.79 Å². The number of carbonyl (C=O) groups excluding carboxylic acids is 1. The summed E-state index contributed by atoms with van der Waals surface area (Å²) in [5, 5.41) is 0. The van der Waals surface area contributed by atoms with Crippen LogP contribution in [0.15, 0.2) is 28.7 Å². The minimum absolute atomic E-state index is 0.296. The third-order valence-corrected chi connectivity index (χ3v) is 4.56. The topological polar surface area (TPSA) is 17.1 Å². The fourth-order valence-electron chi connectivity index (χ4n) is 1.97. The molecule has 2 rings (SSSR count). The van der Waals surface area contributed by atoms with Crippen LogP contribution < -0.4 is 0 Å². The average Bonchev–Trinajstić information content (AvgIpc) is 2.31. The summed E-state index contributed by atoms with van der Waals surface area (Å²) in [5.74, 6) is 3.35. The van der Waals surface area contributed by atoms with Crippen molar-refractivity contribution in [3.63, 3.8) is 0 Å². The van der Waals surface area contributed by atoms with Gasteiger partial charge in [0.1, 0.15) is 0 Å². The van der Waals surface area contributed by atoms with E-state index < -0.39 is 0 Å². The molecule has 1 nitrogen and oxygen atoms in total. The number of Topliss-reactive ketones (excluding diaryl/α,β-unsaturated/α-hetero) is 1. The summed E-state index contributed by atoms with van der Waals surface area (Å²) in [7, 11) is 0. The van der Waals surface area contributed by atoms with E-state index in [-0.39, 0.29) is 0 Å². The predicted octanol–water partition coefficient (Wildman–Crippen LogP) is 4.17. The molecular weight excluding hydrogens is 284 g/mol. The molecule has 0 bridgehead atoms. The van der Waals surface area contributed by atoms with Gasteiger partial charge in [-0.05, 0) is 42.4 Å². The molecule has 0 saturated carbocycles. The van der Waals surface area contributed by atoms with E-state index in [1.54, 1.807) is 0 Å². The van der Waals surface area contributed by atoms with E-state index in [0.29, 0.717) is 11.7 Å². The first-order valence-electron chi connectivity index (χ1n) is 5.62. The molecule has 0 radical (unpaired) electrons. The first-order valence-corrected chi connectivity index (χ1v) is 7.57. The lowest BCUT2D eigenvalue weighted by atomic mass is 9.93. The maximum absolute atomic E-state index is 12.0. The van der Waals surface area contributed by atoms with Gasteiger partial charge in [-0.15, -0.1) is 0 Å². The van der Waals surface area contributed by atoms with Gasteiger partial charge in [0.25, 0.3) is 0 Å². The average molecular weight is 299 g/mol. The lowest BCUT2D eigenvalue weighted by Gasteiger charge is -2.20. The van der Waals surface area contributed by atoms with Crippen LogP contribution in [0.1, 0.15) is 29.6 Å². The van der Waals surface area contributed by atoms with E-state index in [4.69, 9.17) is 0 Å². The second-order valence-electron chi connectivity index (χ2n) is 4.19. The van der Waals surface area contributed by atoms with E-state index in [1.807, 2.05) is 36.0 Å². The molecule has 1 fully saturated rings. The van der Waals surface area contributed by atoms with Crippen LogP contribution in [0.2, 0.25) is 0 Å². The van der Waals surface area contributed by atoms with E-state index in [0.717, 1.165) is 16.5 Å². The van der Waals surface area contributed by atoms with Crippen molar-refractivity contribution < 1.29 is 4.79 Å². The van der Waals surface area contributed by atoms with Crippen molar-refractivity contribution in [3.05, 3.63) is 34.3 Å². The van der Waals surface area contributed by atoms with Gasteiger partial charge in [-0.1, -0.05) is 28.1 Å². The standard InChI is InChI=1S/C13H15BrOS/c14-12-3-1-11(2-4-12)13(15)9-10-5-7-16-8-6-10/h1-4,10H,5-9H2. The second kappa shape index (κ2) is 5.87. The Hall–Kier alpha value is -0.280. The van der Waals surface area contributed by atoms with Crippen molar-refractivity contribution in [2.24, 2.45) is 5.92 Å². The SMILES string of the molecule is O=C(CC1CCSCC1)c1ccc(Br)cc1. The molecule has 1 aromatic rings. The zero-order valence-electron chi connectivity index (χ0n) is 9.12. The molecule has 0 aromatic heterocycles. The molecule has 0 aliphatic carbocycles. The van der Waals surface area contributed by atoms with Crippen molar-refractivity contribution in [2.75, 3.05) is 11.5 Å². The molecule has 3 heteroatoms. The van der Waals surface area contributed by atoms with Gasteiger partial charge in [0.05, 0.1) is 0 Å². The Bertz CT molecular complexity index is 355. The highest BCUT2D eigenvalue weighted by molar-refractivity contribution is 9.10. The first kappa shape index (κ1) is 12.2. The summed E-state index contributed by atoms with van der Waals surface area (Å²) in [5.41, 5.74) is 0.849. The van der Waals surface area contributed by atoms with Crippen LogP contribution in [0, 0.1) is 5.92 Å². The Morgan fingerprint density at radius 3 is 2.50 bits per heavy atom. The number of carbonyl (C=O) groups is 1. The van der Waals surface area contributed by atoms with Gasteiger partial charge in [-0.25, -0.2) is 0 Å². The monoisotopic (exact) mass is 298 g/mol. The molecule has 0 atom stereocenters. The Labute approximate surface area is 109 Å². The van der Waals surface area contributed by atoms with Crippen LogP contribution in [0.25, 0.3) is 0 Å². The largest absolute Gasteiger partial charge is 0.294 e. The summed E-state index contributed by atoms with van der Waals surface area (Å²) in [6, 6.07) is 7.68. The van der Waals surface area contributed by atoms with Gasteiger partial charge < -0.3 is 0 Å². The molecular formula is C13H15BrOS. The Morgan fingerprint density at radius 2 is 1.88 bits per heavy atom. The van der Waals surface area contributed by atoms with Crippen molar-refractivity contribution in [1.82, 2.24) is 0 Å². The Morgan fingerprint density at radius 1 is 1.25 bits per heavy atom. The van der Waals surface area contributed by atoms with Crippen molar-refractivity contribution in [3.8, 4) is 0 Å². The van der Waals surface area contributed by atoms with Crippen molar-refractivity contribution in [1.29, 1.82) is 0 Å². The van der Waals surface area contributed by atoms with E-state index >= 15 is 0 Å². The van der Waals surface area contributed by atoms with Gasteiger partial charge in [0, 0.05) is 16.5 Å². The minimum Gasteiger partial charge on any atom is -0.294 e. The number of ketones is 1. The maximum atomic E-state index is 12.0. The highest BCUT2D eigenvalue weighted by Gasteiger charge is 2.17. The zero-order valence-corrected chi connectivity index (χ0v) is 11.5. The fraction of sp³-hybridized carbons (Fsp3) is 0.462. The Kier molecular flexibility index (Phi) is 4.47. The molecule has 16 heavy (non-hydrogen) atoms. The molecule has 0 spiro atoms. The molecule has 1 saturated heterocycles. The fourth-order valence-corrected chi connectivity index (χ4v) is 3.43. The summed E-state index contributed by atoms with van der Waals surface area (Å²) >= 11 is 5.39. The summed E-state index contributed by atoms with van der Waals surface area (Å²) < 4.78 is 1.03. The van der Waals surface area contributed by atoms with Crippen LogP contribution >= 0.6 is 27.7 Å². The minimum atomic E-state index is 0.296. The number of thioether (sulfide) groups is 1. The molecule has 1 aromatic carbocycles. The lowest BCUT2D eigenvalue weighted by molar-refractivity contribution is 0.0958. The second-order valence-corrected chi connectivity index (χ2v) is 6.33. The third kappa shape index (κ3) is 3.36. The normalized spacial score (nSPS) is 17.3. The summed E-state index contributed by atoms with van der Waals surface area (Å²) in [6.45, 7) is 0. The van der Waals surface area contributed by atoms with E-state index in [2.05, 4.69) is 15.9 Å².